The van der Waals surface area contributed by atoms with Crippen LogP contribution >= 0.6 is 11.8 Å². The molecule has 110 valence electrons. The van der Waals surface area contributed by atoms with E-state index in [9.17, 15) is 14.9 Å². The standard InChI is InChI=1S/C13H18N2O4S/c1-4-10(8-20-3)14(2)12-7-9(13(16)17)5-6-11(12)15(18)19/h5-7,10H,4,8H2,1-3H3,(H,16,17). The van der Waals surface area contributed by atoms with Gasteiger partial charge in [-0.1, -0.05) is 6.92 Å². The van der Waals surface area contributed by atoms with Crippen LogP contribution < -0.4 is 4.90 Å². The van der Waals surface area contributed by atoms with Gasteiger partial charge >= 0.3 is 5.97 Å². The lowest BCUT2D eigenvalue weighted by Gasteiger charge is -2.28. The average Bonchev–Trinajstić information content (AvgIpc) is 2.43. The maximum atomic E-state index is 11.1. The normalized spacial score (nSPS) is 11.9. The van der Waals surface area contributed by atoms with Gasteiger partial charge in [0.25, 0.3) is 5.69 Å². The lowest BCUT2D eigenvalue weighted by Crippen LogP contribution is -2.33. The summed E-state index contributed by atoms with van der Waals surface area (Å²) in [5, 5.41) is 20.1. The van der Waals surface area contributed by atoms with E-state index in [1.807, 2.05) is 13.2 Å². The highest BCUT2D eigenvalue weighted by Crippen LogP contribution is 2.31. The lowest BCUT2D eigenvalue weighted by atomic mass is 10.1. The molecule has 0 aliphatic carbocycles. The second kappa shape index (κ2) is 7.14. The van der Waals surface area contributed by atoms with E-state index in [0.29, 0.717) is 5.69 Å². The van der Waals surface area contributed by atoms with Crippen molar-refractivity contribution in [3.63, 3.8) is 0 Å². The van der Waals surface area contributed by atoms with Gasteiger partial charge in [-0.15, -0.1) is 0 Å². The number of carboxylic acid groups (broad SMARTS) is 1. The van der Waals surface area contributed by atoms with Crippen molar-refractivity contribution in [2.24, 2.45) is 0 Å². The zero-order valence-corrected chi connectivity index (χ0v) is 12.5. The van der Waals surface area contributed by atoms with Crippen molar-refractivity contribution in [2.45, 2.75) is 19.4 Å². The summed E-state index contributed by atoms with van der Waals surface area (Å²) < 4.78 is 0. The topological polar surface area (TPSA) is 83.7 Å². The quantitative estimate of drug-likeness (QED) is 0.615. The first kappa shape index (κ1) is 16.3. The van der Waals surface area contributed by atoms with Gasteiger partial charge in [-0.25, -0.2) is 4.79 Å². The Balaban J connectivity index is 3.27. The van der Waals surface area contributed by atoms with Crippen LogP contribution in [0.25, 0.3) is 0 Å². The molecule has 1 atom stereocenters. The predicted octanol–water partition coefficient (Wildman–Crippen LogP) is 2.87. The molecule has 1 aromatic rings. The van der Waals surface area contributed by atoms with Crippen molar-refractivity contribution in [3.8, 4) is 0 Å². The van der Waals surface area contributed by atoms with Gasteiger partial charge < -0.3 is 10.0 Å². The van der Waals surface area contributed by atoms with Gasteiger partial charge in [0.15, 0.2) is 0 Å². The summed E-state index contributed by atoms with van der Waals surface area (Å²) in [5.41, 5.74) is 0.323. The summed E-state index contributed by atoms with van der Waals surface area (Å²) in [6, 6.07) is 3.99. The molecule has 0 amide bonds. The summed E-state index contributed by atoms with van der Waals surface area (Å²) in [6.45, 7) is 2.00. The van der Waals surface area contributed by atoms with Gasteiger partial charge in [0, 0.05) is 24.9 Å². The van der Waals surface area contributed by atoms with Crippen LogP contribution in [0.4, 0.5) is 11.4 Å². The van der Waals surface area contributed by atoms with Crippen molar-refractivity contribution in [2.75, 3.05) is 24.0 Å². The summed E-state index contributed by atoms with van der Waals surface area (Å²) in [6.07, 6.45) is 2.80. The van der Waals surface area contributed by atoms with Crippen molar-refractivity contribution < 1.29 is 14.8 Å². The van der Waals surface area contributed by atoms with E-state index in [0.717, 1.165) is 12.2 Å². The van der Waals surface area contributed by atoms with Crippen molar-refractivity contribution in [1.29, 1.82) is 0 Å². The molecule has 6 nitrogen and oxygen atoms in total. The summed E-state index contributed by atoms with van der Waals surface area (Å²) in [7, 11) is 1.76. The van der Waals surface area contributed by atoms with E-state index in [1.54, 1.807) is 23.7 Å². The Bertz CT molecular complexity index is 507. The van der Waals surface area contributed by atoms with Crippen LogP contribution in [-0.2, 0) is 0 Å². The maximum Gasteiger partial charge on any atom is 0.335 e. The number of rotatable bonds is 7. The number of nitrogens with zero attached hydrogens (tertiary/aromatic N) is 2. The summed E-state index contributed by atoms with van der Waals surface area (Å²) >= 11 is 1.65. The van der Waals surface area contributed by atoms with Gasteiger partial charge in [-0.3, -0.25) is 10.1 Å². The Hall–Kier alpha value is -1.76. The molecule has 0 fully saturated rings. The minimum atomic E-state index is -1.09. The first-order valence-electron chi connectivity index (χ1n) is 6.15. The Morgan fingerprint density at radius 1 is 1.55 bits per heavy atom. The Morgan fingerprint density at radius 2 is 2.20 bits per heavy atom. The number of hydrogen-bond acceptors (Lipinski definition) is 5. The Morgan fingerprint density at radius 3 is 2.65 bits per heavy atom. The number of benzene rings is 1. The molecule has 0 aliphatic rings. The first-order chi connectivity index (χ1) is 9.42. The van der Waals surface area contributed by atoms with Gasteiger partial charge in [0.05, 0.1) is 10.5 Å². The fourth-order valence-corrected chi connectivity index (χ4v) is 2.83. The monoisotopic (exact) mass is 298 g/mol. The van der Waals surface area contributed by atoms with Crippen LogP contribution in [0.3, 0.4) is 0 Å². The number of nitro groups is 1. The molecular weight excluding hydrogens is 280 g/mol. The molecule has 0 heterocycles. The Kier molecular flexibility index (Phi) is 5.82. The molecular formula is C13H18N2O4S. The molecule has 1 rings (SSSR count). The largest absolute Gasteiger partial charge is 0.478 e. The lowest BCUT2D eigenvalue weighted by molar-refractivity contribution is -0.384. The van der Waals surface area contributed by atoms with Crippen LogP contribution in [0.15, 0.2) is 18.2 Å². The number of hydrogen-bond donors (Lipinski definition) is 1. The SMILES string of the molecule is CCC(CSC)N(C)c1cc(C(=O)O)ccc1[N+](=O)[O-]. The molecule has 1 N–H and O–H groups in total. The van der Waals surface area contributed by atoms with Crippen LogP contribution in [-0.4, -0.2) is 41.1 Å². The van der Waals surface area contributed by atoms with Crippen LogP contribution in [0, 0.1) is 10.1 Å². The van der Waals surface area contributed by atoms with Crippen LogP contribution in [0.5, 0.6) is 0 Å². The number of aromatic carboxylic acids is 1. The second-order valence-corrected chi connectivity index (χ2v) is 5.30. The second-order valence-electron chi connectivity index (χ2n) is 4.39. The number of thioether (sulfide) groups is 1. The summed E-state index contributed by atoms with van der Waals surface area (Å²) in [5.74, 6) is -0.269. The maximum absolute atomic E-state index is 11.1. The first-order valence-corrected chi connectivity index (χ1v) is 7.55. The molecule has 0 saturated carbocycles. The minimum Gasteiger partial charge on any atom is -0.478 e. The smallest absolute Gasteiger partial charge is 0.335 e. The van der Waals surface area contributed by atoms with E-state index in [4.69, 9.17) is 5.11 Å². The third-order valence-electron chi connectivity index (χ3n) is 3.18. The summed E-state index contributed by atoms with van der Waals surface area (Å²) in [4.78, 5) is 23.4. The van der Waals surface area contributed by atoms with Crippen molar-refractivity contribution >= 4 is 29.1 Å². The van der Waals surface area contributed by atoms with E-state index in [1.165, 1.54) is 18.2 Å². The van der Waals surface area contributed by atoms with Crippen molar-refractivity contribution in [1.82, 2.24) is 0 Å². The number of carbonyl (C=O) groups is 1. The highest BCUT2D eigenvalue weighted by Gasteiger charge is 2.23. The molecule has 0 aliphatic heterocycles. The number of anilines is 1. The zero-order chi connectivity index (χ0) is 15.3. The molecule has 0 spiro atoms. The molecule has 0 saturated heterocycles. The van der Waals surface area contributed by atoms with Gasteiger partial charge in [-0.2, -0.15) is 11.8 Å². The van der Waals surface area contributed by atoms with E-state index in [2.05, 4.69) is 0 Å². The highest BCUT2D eigenvalue weighted by atomic mass is 32.2. The van der Waals surface area contributed by atoms with Gasteiger partial charge in [0.1, 0.15) is 5.69 Å². The fourth-order valence-electron chi connectivity index (χ4n) is 1.99. The van der Waals surface area contributed by atoms with Gasteiger partial charge in [-0.05, 0) is 24.8 Å². The molecule has 20 heavy (non-hydrogen) atoms. The Labute approximate surface area is 121 Å². The predicted molar refractivity (Wildman–Crippen MR) is 80.9 cm³/mol. The fraction of sp³-hybridized carbons (Fsp3) is 0.462. The molecule has 0 bridgehead atoms. The number of carboxylic acids is 1. The molecule has 0 aromatic heterocycles. The van der Waals surface area contributed by atoms with E-state index >= 15 is 0 Å². The third-order valence-corrected chi connectivity index (χ3v) is 3.90. The highest BCUT2D eigenvalue weighted by molar-refractivity contribution is 7.98. The van der Waals surface area contributed by atoms with Crippen molar-refractivity contribution in [3.05, 3.63) is 33.9 Å². The van der Waals surface area contributed by atoms with E-state index < -0.39 is 10.9 Å². The minimum absolute atomic E-state index is 0.0523. The van der Waals surface area contributed by atoms with Crippen LogP contribution in [0.2, 0.25) is 0 Å². The molecule has 0 radical (unpaired) electrons. The zero-order valence-electron chi connectivity index (χ0n) is 11.7. The third kappa shape index (κ3) is 3.63. The number of nitro benzene ring substituents is 1. The van der Waals surface area contributed by atoms with E-state index in [-0.39, 0.29) is 17.3 Å². The van der Waals surface area contributed by atoms with Crippen LogP contribution in [0.1, 0.15) is 23.7 Å². The molecule has 1 unspecified atom stereocenters. The average molecular weight is 298 g/mol. The molecule has 1 aromatic carbocycles. The van der Waals surface area contributed by atoms with Gasteiger partial charge in [0.2, 0.25) is 0 Å². The molecule has 7 heteroatoms.